The van der Waals surface area contributed by atoms with Crippen molar-refractivity contribution in [2.45, 2.75) is 19.4 Å². The van der Waals surface area contributed by atoms with Gasteiger partial charge < -0.3 is 10.1 Å². The van der Waals surface area contributed by atoms with Gasteiger partial charge in [0, 0.05) is 28.0 Å². The van der Waals surface area contributed by atoms with E-state index in [2.05, 4.69) is 45.5 Å². The number of hydrogen-bond acceptors (Lipinski definition) is 2. The molecule has 0 aliphatic carbocycles. The van der Waals surface area contributed by atoms with Crippen molar-refractivity contribution in [2.24, 2.45) is 0 Å². The van der Waals surface area contributed by atoms with Crippen molar-refractivity contribution < 1.29 is 4.74 Å². The zero-order chi connectivity index (χ0) is 14.7. The minimum Gasteiger partial charge on any atom is -0.493 e. The average Bonchev–Trinajstić information content (AvgIpc) is 2.93. The van der Waals surface area contributed by atoms with Crippen LogP contribution in [-0.2, 0) is 19.4 Å². The molecule has 2 nitrogen and oxygen atoms in total. The van der Waals surface area contributed by atoms with Crippen molar-refractivity contribution in [3.63, 3.8) is 0 Å². The minimum absolute atomic E-state index is 0.786. The monoisotopic (exact) mass is 365 g/mol. The van der Waals surface area contributed by atoms with Crippen LogP contribution in [0.5, 0.6) is 5.75 Å². The molecule has 2 aromatic carbocycles. The number of hydrogen-bond donors (Lipinski definition) is 1. The lowest BCUT2D eigenvalue weighted by molar-refractivity contribution is 0.352. The fourth-order valence-corrected chi connectivity index (χ4v) is 3.26. The average molecular weight is 367 g/mol. The molecule has 1 heterocycles. The number of rotatable bonds is 5. The highest BCUT2D eigenvalue weighted by Crippen LogP contribution is 2.32. The maximum absolute atomic E-state index is 5.89. The zero-order valence-corrected chi connectivity index (χ0v) is 14.0. The van der Waals surface area contributed by atoms with Crippen molar-refractivity contribution >= 4 is 27.5 Å². The third kappa shape index (κ3) is 3.79. The summed E-state index contributed by atoms with van der Waals surface area (Å²) < 4.78 is 6.86. The second-order valence-corrected chi connectivity index (χ2v) is 6.56. The van der Waals surface area contributed by atoms with Gasteiger partial charge in [-0.1, -0.05) is 39.7 Å². The molecular formula is C17H17BrClNO. The number of ether oxygens (including phenoxy) is 1. The molecule has 1 aliphatic rings. The van der Waals surface area contributed by atoms with Crippen LogP contribution in [-0.4, -0.2) is 13.2 Å². The summed E-state index contributed by atoms with van der Waals surface area (Å²) in [4.78, 5) is 0. The van der Waals surface area contributed by atoms with Gasteiger partial charge in [-0.05, 0) is 48.4 Å². The van der Waals surface area contributed by atoms with E-state index in [1.807, 2.05) is 12.1 Å². The molecule has 0 aromatic heterocycles. The van der Waals surface area contributed by atoms with Crippen LogP contribution in [0.15, 0.2) is 40.9 Å². The molecule has 1 N–H and O–H groups in total. The maximum Gasteiger partial charge on any atom is 0.127 e. The minimum atomic E-state index is 0.786. The predicted molar refractivity (Wildman–Crippen MR) is 90.2 cm³/mol. The first-order valence-corrected chi connectivity index (χ1v) is 8.29. The molecule has 110 valence electrons. The normalized spacial score (nSPS) is 13.0. The number of benzene rings is 2. The Morgan fingerprint density at radius 1 is 1.19 bits per heavy atom. The van der Waals surface area contributed by atoms with Gasteiger partial charge in [-0.25, -0.2) is 0 Å². The van der Waals surface area contributed by atoms with E-state index in [1.54, 1.807) is 0 Å². The fourth-order valence-electron chi connectivity index (χ4n) is 2.58. The standard InChI is InChI=1S/C17H17BrClNO/c18-15-9-13-6-8-21-17(13)14(10-15)11-20-7-5-12-1-3-16(19)4-2-12/h1-4,9-10,20H,5-8,11H2. The molecule has 0 unspecified atom stereocenters. The molecule has 0 saturated heterocycles. The highest BCUT2D eigenvalue weighted by atomic mass is 79.9. The van der Waals surface area contributed by atoms with E-state index in [4.69, 9.17) is 16.3 Å². The van der Waals surface area contributed by atoms with Crippen LogP contribution in [0, 0.1) is 0 Å². The van der Waals surface area contributed by atoms with Crippen molar-refractivity contribution in [2.75, 3.05) is 13.2 Å². The van der Waals surface area contributed by atoms with Gasteiger partial charge >= 0.3 is 0 Å². The SMILES string of the molecule is Clc1ccc(CCNCc2cc(Br)cc3c2OCC3)cc1. The lowest BCUT2D eigenvalue weighted by Crippen LogP contribution is -2.17. The summed E-state index contributed by atoms with van der Waals surface area (Å²) in [6, 6.07) is 12.3. The summed E-state index contributed by atoms with van der Waals surface area (Å²) in [7, 11) is 0. The van der Waals surface area contributed by atoms with Crippen molar-refractivity contribution in [3.05, 3.63) is 62.6 Å². The van der Waals surface area contributed by atoms with Gasteiger partial charge in [-0.2, -0.15) is 0 Å². The summed E-state index contributed by atoms with van der Waals surface area (Å²) in [5, 5.41) is 4.27. The van der Waals surface area contributed by atoms with Crippen LogP contribution in [0.25, 0.3) is 0 Å². The Labute approximate surface area is 138 Å². The van der Waals surface area contributed by atoms with E-state index in [9.17, 15) is 0 Å². The molecule has 0 atom stereocenters. The Hall–Kier alpha value is -1.03. The third-order valence-corrected chi connectivity index (χ3v) is 4.35. The van der Waals surface area contributed by atoms with Crippen LogP contribution >= 0.6 is 27.5 Å². The summed E-state index contributed by atoms with van der Waals surface area (Å²) >= 11 is 9.46. The molecule has 4 heteroatoms. The van der Waals surface area contributed by atoms with Crippen molar-refractivity contribution in [1.82, 2.24) is 5.32 Å². The van der Waals surface area contributed by atoms with Crippen LogP contribution in [0.2, 0.25) is 5.02 Å². The van der Waals surface area contributed by atoms with Crippen molar-refractivity contribution in [1.29, 1.82) is 0 Å². The first-order chi connectivity index (χ1) is 10.2. The Balaban J connectivity index is 1.55. The fraction of sp³-hybridized carbons (Fsp3) is 0.294. The van der Waals surface area contributed by atoms with Crippen molar-refractivity contribution in [3.8, 4) is 5.75 Å². The highest BCUT2D eigenvalue weighted by Gasteiger charge is 2.16. The smallest absolute Gasteiger partial charge is 0.127 e. The highest BCUT2D eigenvalue weighted by molar-refractivity contribution is 9.10. The Morgan fingerprint density at radius 3 is 2.81 bits per heavy atom. The zero-order valence-electron chi connectivity index (χ0n) is 11.7. The van der Waals surface area contributed by atoms with Gasteiger partial charge in [0.25, 0.3) is 0 Å². The Bertz CT molecular complexity index is 627. The van der Waals surface area contributed by atoms with Crippen LogP contribution < -0.4 is 10.1 Å². The molecular weight excluding hydrogens is 350 g/mol. The summed E-state index contributed by atoms with van der Waals surface area (Å²) in [5.74, 6) is 1.07. The van der Waals surface area contributed by atoms with E-state index in [1.165, 1.54) is 16.7 Å². The Morgan fingerprint density at radius 2 is 2.00 bits per heavy atom. The first-order valence-electron chi connectivity index (χ1n) is 7.11. The van der Waals surface area contributed by atoms with Gasteiger partial charge in [0.1, 0.15) is 5.75 Å². The van der Waals surface area contributed by atoms with E-state index in [-0.39, 0.29) is 0 Å². The predicted octanol–water partition coefficient (Wildman–Crippen LogP) is 4.37. The second-order valence-electron chi connectivity index (χ2n) is 5.20. The first kappa shape index (κ1) is 14.9. The van der Waals surface area contributed by atoms with E-state index in [0.29, 0.717) is 0 Å². The summed E-state index contributed by atoms with van der Waals surface area (Å²) in [6.07, 6.45) is 2.00. The van der Waals surface area contributed by atoms with Gasteiger partial charge in [-0.3, -0.25) is 0 Å². The van der Waals surface area contributed by atoms with Gasteiger partial charge in [0.05, 0.1) is 6.61 Å². The molecule has 0 bridgehead atoms. The van der Waals surface area contributed by atoms with Crippen LogP contribution in [0.4, 0.5) is 0 Å². The van der Waals surface area contributed by atoms with E-state index in [0.717, 1.165) is 47.8 Å². The lowest BCUT2D eigenvalue weighted by Gasteiger charge is -2.10. The van der Waals surface area contributed by atoms with Crippen LogP contribution in [0.3, 0.4) is 0 Å². The molecule has 1 aliphatic heterocycles. The number of fused-ring (bicyclic) bond motifs is 1. The molecule has 3 rings (SSSR count). The molecule has 0 fully saturated rings. The Kier molecular flexibility index (Phi) is 4.84. The van der Waals surface area contributed by atoms with E-state index >= 15 is 0 Å². The molecule has 0 spiro atoms. The maximum atomic E-state index is 5.89. The van der Waals surface area contributed by atoms with Gasteiger partial charge in [0.15, 0.2) is 0 Å². The quantitative estimate of drug-likeness (QED) is 0.793. The third-order valence-electron chi connectivity index (χ3n) is 3.64. The molecule has 2 aromatic rings. The topological polar surface area (TPSA) is 21.3 Å². The van der Waals surface area contributed by atoms with Gasteiger partial charge in [0.2, 0.25) is 0 Å². The van der Waals surface area contributed by atoms with E-state index < -0.39 is 0 Å². The van der Waals surface area contributed by atoms with Crippen LogP contribution in [0.1, 0.15) is 16.7 Å². The molecule has 0 amide bonds. The number of nitrogens with one attached hydrogen (secondary N) is 1. The second kappa shape index (κ2) is 6.82. The molecule has 0 radical (unpaired) electrons. The molecule has 0 saturated carbocycles. The number of halogens is 2. The van der Waals surface area contributed by atoms with Gasteiger partial charge in [-0.15, -0.1) is 0 Å². The largest absolute Gasteiger partial charge is 0.493 e. The summed E-state index contributed by atoms with van der Waals surface area (Å²) in [5.41, 5.74) is 3.83. The summed E-state index contributed by atoms with van der Waals surface area (Å²) in [6.45, 7) is 2.56. The lowest BCUT2D eigenvalue weighted by atomic mass is 10.1. The molecule has 21 heavy (non-hydrogen) atoms.